The molecule has 0 amide bonds. The molecule has 2 N–H and O–H groups in total. The molecule has 0 saturated carbocycles. The van der Waals surface area contributed by atoms with E-state index in [2.05, 4.69) is 10.3 Å². The molecule has 1 heterocycles. The van der Waals surface area contributed by atoms with E-state index in [0.717, 1.165) is 5.56 Å². The lowest BCUT2D eigenvalue weighted by atomic mass is 10.1. The van der Waals surface area contributed by atoms with E-state index in [1.54, 1.807) is 19.2 Å². The molecule has 0 aliphatic heterocycles. The molecular weight excluding hydrogens is 260 g/mol. The summed E-state index contributed by atoms with van der Waals surface area (Å²) in [6.45, 7) is 3.90. The quantitative estimate of drug-likeness (QED) is 0.586. The fourth-order valence-corrected chi connectivity index (χ4v) is 1.42. The second kappa shape index (κ2) is 7.93. The summed E-state index contributed by atoms with van der Waals surface area (Å²) in [5, 5.41) is 11.9. The van der Waals surface area contributed by atoms with Crippen LogP contribution >= 0.6 is 0 Å². The van der Waals surface area contributed by atoms with Crippen LogP contribution in [0.15, 0.2) is 30.1 Å². The van der Waals surface area contributed by atoms with E-state index >= 15 is 0 Å². The van der Waals surface area contributed by atoms with E-state index in [1.807, 2.05) is 13.0 Å². The van der Waals surface area contributed by atoms with Crippen LogP contribution in [0.4, 0.5) is 5.82 Å². The molecule has 1 aromatic heterocycles. The molecule has 0 unspecified atom stereocenters. The van der Waals surface area contributed by atoms with Gasteiger partial charge in [-0.15, -0.1) is 0 Å². The number of aliphatic carboxylic acids is 1. The maximum Gasteiger partial charge on any atom is 0.333 e. The number of carboxylic acids is 1. The summed E-state index contributed by atoms with van der Waals surface area (Å²) < 4.78 is 4.76. The molecule has 0 atom stereocenters. The predicted molar refractivity (Wildman–Crippen MR) is 74.2 cm³/mol. The lowest BCUT2D eigenvalue weighted by Crippen LogP contribution is -2.09. The summed E-state index contributed by atoms with van der Waals surface area (Å²) in [4.78, 5) is 26.4. The Bertz CT molecular complexity index is 494. The lowest BCUT2D eigenvalue weighted by molar-refractivity contribution is -0.143. The smallest absolute Gasteiger partial charge is 0.333 e. The van der Waals surface area contributed by atoms with Crippen molar-refractivity contribution in [3.63, 3.8) is 0 Å². The van der Waals surface area contributed by atoms with Gasteiger partial charge in [0.25, 0.3) is 0 Å². The van der Waals surface area contributed by atoms with Gasteiger partial charge in [-0.25, -0.2) is 9.78 Å². The van der Waals surface area contributed by atoms with E-state index in [-0.39, 0.29) is 25.0 Å². The first-order valence-electron chi connectivity index (χ1n) is 6.30. The second-order valence-corrected chi connectivity index (χ2v) is 4.14. The number of carbonyl (C=O) groups excluding carboxylic acids is 1. The van der Waals surface area contributed by atoms with Crippen molar-refractivity contribution in [1.29, 1.82) is 0 Å². The van der Waals surface area contributed by atoms with Crippen molar-refractivity contribution >= 4 is 17.8 Å². The van der Waals surface area contributed by atoms with Crippen molar-refractivity contribution in [2.45, 2.75) is 26.7 Å². The van der Waals surface area contributed by atoms with Gasteiger partial charge in [-0.3, -0.25) is 4.79 Å². The van der Waals surface area contributed by atoms with Crippen LogP contribution in [0.1, 0.15) is 25.3 Å². The molecular formula is C14H18N2O4. The van der Waals surface area contributed by atoms with Gasteiger partial charge >= 0.3 is 11.9 Å². The zero-order valence-electron chi connectivity index (χ0n) is 11.5. The van der Waals surface area contributed by atoms with E-state index in [0.29, 0.717) is 5.82 Å². The minimum absolute atomic E-state index is 0.0367. The Hall–Kier alpha value is -2.37. The SMILES string of the molecule is CCOC(=O)CC/C(=C/Nc1ccc(C)cn1)C(=O)O. The van der Waals surface area contributed by atoms with Gasteiger partial charge in [0.2, 0.25) is 0 Å². The number of rotatable bonds is 7. The van der Waals surface area contributed by atoms with Gasteiger partial charge in [0.15, 0.2) is 0 Å². The summed E-state index contributed by atoms with van der Waals surface area (Å²) in [5.41, 5.74) is 1.11. The van der Waals surface area contributed by atoms with Gasteiger partial charge in [-0.2, -0.15) is 0 Å². The molecule has 6 heteroatoms. The van der Waals surface area contributed by atoms with Gasteiger partial charge in [-0.05, 0) is 31.9 Å². The third-order valence-electron chi connectivity index (χ3n) is 2.48. The number of ether oxygens (including phenoxy) is 1. The monoisotopic (exact) mass is 278 g/mol. The molecule has 0 aromatic carbocycles. The Balaban J connectivity index is 2.61. The normalized spacial score (nSPS) is 11.0. The van der Waals surface area contributed by atoms with Crippen molar-refractivity contribution in [3.8, 4) is 0 Å². The number of nitrogens with zero attached hydrogens (tertiary/aromatic N) is 1. The van der Waals surface area contributed by atoms with Crippen molar-refractivity contribution in [2.24, 2.45) is 0 Å². The van der Waals surface area contributed by atoms with Crippen molar-refractivity contribution < 1.29 is 19.4 Å². The average Bonchev–Trinajstić information content (AvgIpc) is 2.40. The highest BCUT2D eigenvalue weighted by molar-refractivity contribution is 5.87. The van der Waals surface area contributed by atoms with Gasteiger partial charge in [0.1, 0.15) is 5.82 Å². The van der Waals surface area contributed by atoms with E-state index in [4.69, 9.17) is 9.84 Å². The van der Waals surface area contributed by atoms with Crippen LogP contribution in [0.3, 0.4) is 0 Å². The van der Waals surface area contributed by atoms with Crippen LogP contribution in [-0.4, -0.2) is 28.6 Å². The number of hydrogen-bond acceptors (Lipinski definition) is 5. The Morgan fingerprint density at radius 3 is 2.70 bits per heavy atom. The van der Waals surface area contributed by atoms with Gasteiger partial charge < -0.3 is 15.2 Å². The zero-order valence-corrected chi connectivity index (χ0v) is 11.5. The molecule has 1 rings (SSSR count). The highest BCUT2D eigenvalue weighted by Crippen LogP contribution is 2.09. The van der Waals surface area contributed by atoms with E-state index in [9.17, 15) is 9.59 Å². The Morgan fingerprint density at radius 1 is 1.40 bits per heavy atom. The first-order chi connectivity index (χ1) is 9.52. The number of carbonyl (C=O) groups is 2. The molecule has 1 aromatic rings. The van der Waals surface area contributed by atoms with Crippen LogP contribution in [0.5, 0.6) is 0 Å². The van der Waals surface area contributed by atoms with Crippen molar-refractivity contribution in [3.05, 3.63) is 35.7 Å². The standard InChI is InChI=1S/C14H18N2O4/c1-3-20-13(17)7-5-11(14(18)19)9-16-12-6-4-10(2)8-15-12/h4,6,8-9H,3,5,7H2,1-2H3,(H,15,16)(H,18,19)/b11-9-. The van der Waals surface area contributed by atoms with E-state index < -0.39 is 11.9 Å². The molecule has 0 aliphatic carbocycles. The zero-order chi connectivity index (χ0) is 15.0. The maximum atomic E-state index is 11.2. The first kappa shape index (κ1) is 15.7. The number of hydrogen-bond donors (Lipinski definition) is 2. The van der Waals surface area contributed by atoms with E-state index in [1.165, 1.54) is 6.20 Å². The largest absolute Gasteiger partial charge is 0.478 e. The van der Waals surface area contributed by atoms with Crippen LogP contribution in [0, 0.1) is 6.92 Å². The highest BCUT2D eigenvalue weighted by Gasteiger charge is 2.10. The number of aryl methyl sites for hydroxylation is 1. The van der Waals surface area contributed by atoms with Crippen LogP contribution in [0.2, 0.25) is 0 Å². The third kappa shape index (κ3) is 5.51. The molecule has 0 bridgehead atoms. The van der Waals surface area contributed by atoms with Crippen LogP contribution < -0.4 is 5.32 Å². The van der Waals surface area contributed by atoms with Gasteiger partial charge in [0, 0.05) is 18.8 Å². The Kier molecular flexibility index (Phi) is 6.22. The summed E-state index contributed by atoms with van der Waals surface area (Å²) >= 11 is 0. The van der Waals surface area contributed by atoms with Gasteiger partial charge in [0.05, 0.1) is 12.2 Å². The molecule has 6 nitrogen and oxygen atoms in total. The molecule has 0 saturated heterocycles. The summed E-state index contributed by atoms with van der Waals surface area (Å²) in [7, 11) is 0. The molecule has 20 heavy (non-hydrogen) atoms. The fourth-order valence-electron chi connectivity index (χ4n) is 1.42. The molecule has 108 valence electrons. The molecule has 0 radical (unpaired) electrons. The maximum absolute atomic E-state index is 11.2. The summed E-state index contributed by atoms with van der Waals surface area (Å²) in [6.07, 6.45) is 3.16. The fraction of sp³-hybridized carbons (Fsp3) is 0.357. The number of carboxylic acid groups (broad SMARTS) is 1. The topological polar surface area (TPSA) is 88.5 Å². The second-order valence-electron chi connectivity index (χ2n) is 4.14. The Labute approximate surface area is 117 Å². The predicted octanol–water partition coefficient (Wildman–Crippen LogP) is 2.11. The van der Waals surface area contributed by atoms with Crippen molar-refractivity contribution in [1.82, 2.24) is 4.98 Å². The lowest BCUT2D eigenvalue weighted by Gasteiger charge is -2.05. The Morgan fingerprint density at radius 2 is 2.15 bits per heavy atom. The third-order valence-corrected chi connectivity index (χ3v) is 2.48. The minimum atomic E-state index is -1.08. The number of esters is 1. The number of nitrogens with one attached hydrogen (secondary N) is 1. The number of anilines is 1. The number of aromatic nitrogens is 1. The number of pyridine rings is 1. The van der Waals surface area contributed by atoms with Crippen molar-refractivity contribution in [2.75, 3.05) is 11.9 Å². The van der Waals surface area contributed by atoms with Gasteiger partial charge in [-0.1, -0.05) is 6.07 Å². The molecule has 0 fully saturated rings. The highest BCUT2D eigenvalue weighted by atomic mass is 16.5. The first-order valence-corrected chi connectivity index (χ1v) is 6.30. The molecule has 0 spiro atoms. The van der Waals surface area contributed by atoms with Crippen LogP contribution in [-0.2, 0) is 14.3 Å². The minimum Gasteiger partial charge on any atom is -0.478 e. The molecule has 0 aliphatic rings. The summed E-state index contributed by atoms with van der Waals surface area (Å²) in [6, 6.07) is 3.61. The van der Waals surface area contributed by atoms with Crippen LogP contribution in [0.25, 0.3) is 0 Å². The summed E-state index contributed by atoms with van der Waals surface area (Å²) in [5.74, 6) is -0.937. The average molecular weight is 278 g/mol.